The molecule has 1 aliphatic carbocycles. The number of ether oxygens (including phenoxy) is 1. The molecule has 2 aliphatic heterocycles. The van der Waals surface area contributed by atoms with Crippen molar-refractivity contribution in [2.24, 2.45) is 5.92 Å². The lowest BCUT2D eigenvalue weighted by Crippen LogP contribution is -2.59. The normalized spacial score (nSPS) is 21.5. The highest BCUT2D eigenvalue weighted by atomic mass is 16.5. The van der Waals surface area contributed by atoms with Crippen LogP contribution in [0.25, 0.3) is 5.65 Å². The van der Waals surface area contributed by atoms with Crippen LogP contribution in [0, 0.1) is 5.92 Å². The van der Waals surface area contributed by atoms with Gasteiger partial charge in [0, 0.05) is 37.9 Å². The molecule has 2 saturated heterocycles. The Kier molecular flexibility index (Phi) is 4.38. The zero-order chi connectivity index (χ0) is 20.0. The molecule has 29 heavy (non-hydrogen) atoms. The number of fused-ring (bicyclic) bond motifs is 1. The fourth-order valence-corrected chi connectivity index (χ4v) is 4.39. The number of nitrogens with zero attached hydrogens (tertiary/aromatic N) is 4. The van der Waals surface area contributed by atoms with Gasteiger partial charge >= 0.3 is 0 Å². The van der Waals surface area contributed by atoms with Crippen molar-refractivity contribution in [2.75, 3.05) is 32.8 Å². The van der Waals surface area contributed by atoms with Gasteiger partial charge in [-0.15, -0.1) is 0 Å². The minimum atomic E-state index is -0.436. The first-order chi connectivity index (χ1) is 14.1. The number of morpholine rings is 1. The summed E-state index contributed by atoms with van der Waals surface area (Å²) in [6.07, 6.45) is 6.44. The van der Waals surface area contributed by atoms with E-state index in [0.29, 0.717) is 51.3 Å². The number of rotatable bonds is 2. The van der Waals surface area contributed by atoms with Crippen LogP contribution >= 0.6 is 0 Å². The third kappa shape index (κ3) is 3.31. The van der Waals surface area contributed by atoms with E-state index in [1.807, 2.05) is 4.90 Å². The third-order valence-corrected chi connectivity index (χ3v) is 6.29. The number of piperidine rings is 1. The Morgan fingerprint density at radius 1 is 1.10 bits per heavy atom. The van der Waals surface area contributed by atoms with Crippen LogP contribution < -0.4 is 5.56 Å². The Morgan fingerprint density at radius 2 is 1.90 bits per heavy atom. The molecule has 5 rings (SSSR count). The Hall–Kier alpha value is -2.74. The lowest BCUT2D eigenvalue weighted by Gasteiger charge is -2.47. The summed E-state index contributed by atoms with van der Waals surface area (Å²) >= 11 is 0. The maximum absolute atomic E-state index is 13.1. The number of hydrogen-bond acceptors (Lipinski definition) is 5. The van der Waals surface area contributed by atoms with Crippen LogP contribution in [0.4, 0.5) is 0 Å². The SMILES string of the molecule is O=C(c1cnc2ccccn2c1=O)N1CCOC2(CCN(C(=O)C3CC3)CC2)C1. The van der Waals surface area contributed by atoms with Crippen LogP contribution in [0.5, 0.6) is 0 Å². The predicted molar refractivity (Wildman–Crippen MR) is 105 cm³/mol. The van der Waals surface area contributed by atoms with Gasteiger partial charge in [-0.3, -0.25) is 18.8 Å². The lowest BCUT2D eigenvalue weighted by atomic mass is 9.89. The fraction of sp³-hybridized carbons (Fsp3) is 0.524. The van der Waals surface area contributed by atoms with Crippen molar-refractivity contribution < 1.29 is 14.3 Å². The summed E-state index contributed by atoms with van der Waals surface area (Å²) in [6.45, 7) is 2.65. The maximum Gasteiger partial charge on any atom is 0.270 e. The molecule has 0 aromatic carbocycles. The van der Waals surface area contributed by atoms with Gasteiger partial charge in [0.15, 0.2) is 0 Å². The molecule has 152 valence electrons. The van der Waals surface area contributed by atoms with Crippen LogP contribution in [0.1, 0.15) is 36.0 Å². The Labute approximate surface area is 168 Å². The van der Waals surface area contributed by atoms with Gasteiger partial charge in [0.05, 0.1) is 18.8 Å². The minimum Gasteiger partial charge on any atom is -0.371 e. The second kappa shape index (κ2) is 6.95. The molecule has 1 spiro atoms. The quantitative estimate of drug-likeness (QED) is 0.754. The largest absolute Gasteiger partial charge is 0.371 e. The van der Waals surface area contributed by atoms with Crippen LogP contribution in [0.15, 0.2) is 35.4 Å². The summed E-state index contributed by atoms with van der Waals surface area (Å²) in [5.41, 5.74) is -0.201. The highest BCUT2D eigenvalue weighted by Crippen LogP contribution is 2.35. The molecule has 2 aromatic rings. The van der Waals surface area contributed by atoms with Gasteiger partial charge in [-0.05, 0) is 37.8 Å². The first kappa shape index (κ1) is 18.3. The van der Waals surface area contributed by atoms with E-state index in [2.05, 4.69) is 4.98 Å². The average Bonchev–Trinajstić information content (AvgIpc) is 3.59. The summed E-state index contributed by atoms with van der Waals surface area (Å²) in [6, 6.07) is 5.27. The molecule has 1 saturated carbocycles. The van der Waals surface area contributed by atoms with Crippen molar-refractivity contribution in [3.8, 4) is 0 Å². The number of pyridine rings is 1. The van der Waals surface area contributed by atoms with Gasteiger partial charge < -0.3 is 14.5 Å². The van der Waals surface area contributed by atoms with Crippen molar-refractivity contribution in [3.63, 3.8) is 0 Å². The smallest absolute Gasteiger partial charge is 0.270 e. The van der Waals surface area contributed by atoms with E-state index >= 15 is 0 Å². The Bertz CT molecular complexity index is 1020. The number of aromatic nitrogens is 2. The van der Waals surface area contributed by atoms with E-state index in [1.165, 1.54) is 10.6 Å². The third-order valence-electron chi connectivity index (χ3n) is 6.29. The number of carbonyl (C=O) groups is 2. The molecule has 8 heteroatoms. The summed E-state index contributed by atoms with van der Waals surface area (Å²) < 4.78 is 7.49. The molecule has 0 unspecified atom stereocenters. The molecule has 3 fully saturated rings. The van der Waals surface area contributed by atoms with Gasteiger partial charge in [0.25, 0.3) is 11.5 Å². The summed E-state index contributed by atoms with van der Waals surface area (Å²) in [7, 11) is 0. The van der Waals surface area contributed by atoms with Crippen molar-refractivity contribution >= 4 is 17.5 Å². The maximum atomic E-state index is 13.1. The van der Waals surface area contributed by atoms with Crippen LogP contribution in [-0.2, 0) is 9.53 Å². The number of hydrogen-bond donors (Lipinski definition) is 0. The Morgan fingerprint density at radius 3 is 2.66 bits per heavy atom. The zero-order valence-corrected chi connectivity index (χ0v) is 16.2. The lowest BCUT2D eigenvalue weighted by molar-refractivity contribution is -0.148. The molecule has 0 bridgehead atoms. The molecule has 3 aliphatic rings. The first-order valence-corrected chi connectivity index (χ1v) is 10.2. The molecule has 0 radical (unpaired) electrons. The predicted octanol–water partition coefficient (Wildman–Crippen LogP) is 0.938. The monoisotopic (exact) mass is 396 g/mol. The molecule has 8 nitrogen and oxygen atoms in total. The molecular formula is C21H24N4O4. The number of carbonyl (C=O) groups excluding carboxylic acids is 2. The topological polar surface area (TPSA) is 84.2 Å². The standard InChI is InChI=1S/C21H24N4O4/c26-18(15-4-5-15)23-9-6-21(7-10-23)14-24(11-12-29-21)19(27)16-13-22-17-3-1-2-8-25(17)20(16)28/h1-3,8,13,15H,4-7,9-12,14H2. The van der Waals surface area contributed by atoms with Crippen LogP contribution in [-0.4, -0.2) is 69.4 Å². The number of amides is 2. The van der Waals surface area contributed by atoms with Crippen molar-refractivity contribution in [1.82, 2.24) is 19.2 Å². The van der Waals surface area contributed by atoms with Gasteiger partial charge in [-0.2, -0.15) is 0 Å². The van der Waals surface area contributed by atoms with Crippen LogP contribution in [0.3, 0.4) is 0 Å². The van der Waals surface area contributed by atoms with Crippen molar-refractivity contribution in [3.05, 3.63) is 46.5 Å². The van der Waals surface area contributed by atoms with E-state index in [9.17, 15) is 14.4 Å². The van der Waals surface area contributed by atoms with E-state index in [-0.39, 0.29) is 28.9 Å². The van der Waals surface area contributed by atoms with Gasteiger partial charge in [0.1, 0.15) is 11.2 Å². The fourth-order valence-electron chi connectivity index (χ4n) is 4.39. The minimum absolute atomic E-state index is 0.0760. The molecule has 2 aromatic heterocycles. The van der Waals surface area contributed by atoms with E-state index in [0.717, 1.165) is 12.8 Å². The highest BCUT2D eigenvalue weighted by molar-refractivity contribution is 5.94. The second-order valence-corrected chi connectivity index (χ2v) is 8.26. The van der Waals surface area contributed by atoms with Crippen molar-refractivity contribution in [1.29, 1.82) is 0 Å². The van der Waals surface area contributed by atoms with Gasteiger partial charge in [0.2, 0.25) is 5.91 Å². The average molecular weight is 396 g/mol. The molecule has 4 heterocycles. The molecule has 2 amide bonds. The van der Waals surface area contributed by atoms with Crippen molar-refractivity contribution in [2.45, 2.75) is 31.3 Å². The van der Waals surface area contributed by atoms with E-state index < -0.39 is 5.60 Å². The van der Waals surface area contributed by atoms with E-state index in [1.54, 1.807) is 29.3 Å². The molecular weight excluding hydrogens is 372 g/mol. The van der Waals surface area contributed by atoms with Gasteiger partial charge in [-0.25, -0.2) is 4.98 Å². The zero-order valence-electron chi connectivity index (χ0n) is 16.2. The molecule has 0 atom stereocenters. The van der Waals surface area contributed by atoms with Crippen LogP contribution in [0.2, 0.25) is 0 Å². The number of likely N-dealkylation sites (tertiary alicyclic amines) is 1. The summed E-state index contributed by atoms with van der Waals surface area (Å²) in [4.78, 5) is 46.1. The highest BCUT2D eigenvalue weighted by Gasteiger charge is 2.44. The summed E-state index contributed by atoms with van der Waals surface area (Å²) in [5.74, 6) is 0.182. The Balaban J connectivity index is 1.32. The second-order valence-electron chi connectivity index (χ2n) is 8.26. The summed E-state index contributed by atoms with van der Waals surface area (Å²) in [5, 5.41) is 0. The molecule has 0 N–H and O–H groups in total. The van der Waals surface area contributed by atoms with Gasteiger partial charge in [-0.1, -0.05) is 6.07 Å². The first-order valence-electron chi connectivity index (χ1n) is 10.2. The van der Waals surface area contributed by atoms with E-state index in [4.69, 9.17) is 4.74 Å².